The molecule has 0 radical (unpaired) electrons. The third-order valence-corrected chi connectivity index (χ3v) is 4.85. The molecule has 2 aromatic rings. The average Bonchev–Trinajstić information content (AvgIpc) is 2.90. The predicted octanol–water partition coefficient (Wildman–Crippen LogP) is 2.54. The van der Waals surface area contributed by atoms with Crippen LogP contribution in [0, 0.1) is 10.1 Å². The van der Waals surface area contributed by atoms with Gasteiger partial charge in [0, 0.05) is 17.8 Å². The lowest BCUT2D eigenvalue weighted by atomic mass is 10.2. The molecule has 8 nitrogen and oxygen atoms in total. The Labute approximate surface area is 134 Å². The average molecular weight is 339 g/mol. The number of carbonyl (C=O) groups is 1. The van der Waals surface area contributed by atoms with Crippen molar-refractivity contribution in [3.63, 3.8) is 0 Å². The Hall–Kier alpha value is -2.20. The van der Waals surface area contributed by atoms with Crippen molar-refractivity contribution in [2.24, 2.45) is 0 Å². The van der Waals surface area contributed by atoms with Crippen LogP contribution in [0.5, 0.6) is 0 Å². The number of rotatable bonds is 6. The number of nitrogen functional groups attached to an aromatic ring is 1. The number of nitrogens with two attached hydrogens (primary N) is 1. The Morgan fingerprint density at radius 1 is 1.55 bits per heavy atom. The number of thioether (sulfide) groups is 1. The van der Waals surface area contributed by atoms with Crippen LogP contribution in [0.25, 0.3) is 0 Å². The summed E-state index contributed by atoms with van der Waals surface area (Å²) in [6, 6.07) is 5.81. The zero-order chi connectivity index (χ0) is 16.1. The van der Waals surface area contributed by atoms with Crippen LogP contribution in [0.3, 0.4) is 0 Å². The maximum atomic E-state index is 12.3. The molecule has 10 heteroatoms. The van der Waals surface area contributed by atoms with Crippen LogP contribution in [0.4, 0.5) is 16.5 Å². The summed E-state index contributed by atoms with van der Waals surface area (Å²) in [5.41, 5.74) is 5.82. The van der Waals surface area contributed by atoms with Crippen LogP contribution >= 0.6 is 23.1 Å². The minimum atomic E-state index is -0.508. The molecule has 0 bridgehead atoms. The van der Waals surface area contributed by atoms with E-state index in [2.05, 4.69) is 15.5 Å². The SMILES string of the molecule is CC[C@H](Sc1nnc(N)s1)C(=O)Nc1cccc([N+](=O)[O-])c1. The number of nitro benzene ring substituents is 1. The van der Waals surface area contributed by atoms with Crippen molar-refractivity contribution in [3.8, 4) is 0 Å². The molecule has 116 valence electrons. The summed E-state index contributed by atoms with van der Waals surface area (Å²) in [7, 11) is 0. The van der Waals surface area contributed by atoms with E-state index in [0.29, 0.717) is 21.6 Å². The minimum absolute atomic E-state index is 0.0737. The molecular formula is C12H13N5O3S2. The van der Waals surface area contributed by atoms with Gasteiger partial charge in [0.1, 0.15) is 0 Å². The van der Waals surface area contributed by atoms with Crippen LogP contribution < -0.4 is 11.1 Å². The summed E-state index contributed by atoms with van der Waals surface area (Å²) in [6.45, 7) is 1.87. The van der Waals surface area contributed by atoms with Crippen LogP contribution in [0.1, 0.15) is 13.3 Å². The van der Waals surface area contributed by atoms with Gasteiger partial charge in [-0.05, 0) is 12.5 Å². The van der Waals surface area contributed by atoms with E-state index in [0.717, 1.165) is 0 Å². The highest BCUT2D eigenvalue weighted by atomic mass is 32.2. The van der Waals surface area contributed by atoms with Gasteiger partial charge in [-0.2, -0.15) is 0 Å². The molecule has 0 saturated carbocycles. The van der Waals surface area contributed by atoms with Gasteiger partial charge in [-0.3, -0.25) is 14.9 Å². The fraction of sp³-hybridized carbons (Fsp3) is 0.250. The molecule has 0 aliphatic rings. The number of benzene rings is 1. The molecular weight excluding hydrogens is 326 g/mol. The first kappa shape index (κ1) is 16.2. The van der Waals surface area contributed by atoms with E-state index in [-0.39, 0.29) is 16.8 Å². The van der Waals surface area contributed by atoms with Crippen LogP contribution in [0.15, 0.2) is 28.6 Å². The molecule has 1 heterocycles. The first-order chi connectivity index (χ1) is 10.5. The molecule has 0 saturated heterocycles. The van der Waals surface area contributed by atoms with Gasteiger partial charge in [-0.25, -0.2) is 0 Å². The fourth-order valence-corrected chi connectivity index (χ4v) is 3.44. The highest BCUT2D eigenvalue weighted by Crippen LogP contribution is 2.30. The Kier molecular flexibility index (Phi) is 5.28. The lowest BCUT2D eigenvalue weighted by Gasteiger charge is -2.12. The van der Waals surface area contributed by atoms with Crippen molar-refractivity contribution in [3.05, 3.63) is 34.4 Å². The largest absolute Gasteiger partial charge is 0.374 e. The second kappa shape index (κ2) is 7.18. The number of non-ortho nitro benzene ring substituents is 1. The number of anilines is 2. The summed E-state index contributed by atoms with van der Waals surface area (Å²) in [6.07, 6.45) is 0.574. The third-order valence-electron chi connectivity index (χ3n) is 2.65. The normalized spacial score (nSPS) is 11.9. The first-order valence-corrected chi connectivity index (χ1v) is 8.00. The van der Waals surface area contributed by atoms with Crippen LogP contribution in [-0.4, -0.2) is 26.3 Å². The molecule has 0 fully saturated rings. The summed E-state index contributed by atoms with van der Waals surface area (Å²) < 4.78 is 0.610. The predicted molar refractivity (Wildman–Crippen MR) is 86.0 cm³/mol. The van der Waals surface area contributed by atoms with Crippen molar-refractivity contribution < 1.29 is 9.72 Å². The van der Waals surface area contributed by atoms with Crippen molar-refractivity contribution >= 4 is 45.5 Å². The lowest BCUT2D eigenvalue weighted by Crippen LogP contribution is -2.24. The molecule has 0 unspecified atom stereocenters. The monoisotopic (exact) mass is 339 g/mol. The van der Waals surface area contributed by atoms with Gasteiger partial charge in [0.2, 0.25) is 11.0 Å². The Morgan fingerprint density at radius 2 is 2.32 bits per heavy atom. The maximum absolute atomic E-state index is 12.3. The second-order valence-electron chi connectivity index (χ2n) is 4.22. The Morgan fingerprint density at radius 3 is 2.91 bits per heavy atom. The molecule has 1 aromatic carbocycles. The number of nitrogens with zero attached hydrogens (tertiary/aromatic N) is 3. The van der Waals surface area contributed by atoms with Crippen molar-refractivity contribution in [1.29, 1.82) is 0 Å². The molecule has 0 aliphatic heterocycles. The van der Waals surface area contributed by atoms with Gasteiger partial charge >= 0.3 is 0 Å². The summed E-state index contributed by atoms with van der Waals surface area (Å²) in [5, 5.41) is 20.9. The second-order valence-corrected chi connectivity index (χ2v) is 6.68. The van der Waals surface area contributed by atoms with E-state index in [9.17, 15) is 14.9 Å². The van der Waals surface area contributed by atoms with Crippen molar-refractivity contribution in [1.82, 2.24) is 10.2 Å². The minimum Gasteiger partial charge on any atom is -0.374 e. The molecule has 1 aromatic heterocycles. The number of nitro groups is 1. The van der Waals surface area contributed by atoms with Gasteiger partial charge < -0.3 is 11.1 Å². The summed E-state index contributed by atoms with van der Waals surface area (Å²) in [5.74, 6) is -0.248. The number of hydrogen-bond acceptors (Lipinski definition) is 8. The number of nitrogens with one attached hydrogen (secondary N) is 1. The van der Waals surface area contributed by atoms with Crippen LogP contribution in [-0.2, 0) is 4.79 Å². The van der Waals surface area contributed by atoms with E-state index in [1.54, 1.807) is 6.07 Å². The summed E-state index contributed by atoms with van der Waals surface area (Å²) >= 11 is 2.48. The topological polar surface area (TPSA) is 124 Å². The van der Waals surface area contributed by atoms with Crippen molar-refractivity contribution in [2.45, 2.75) is 22.9 Å². The van der Waals surface area contributed by atoms with Crippen molar-refractivity contribution in [2.75, 3.05) is 11.1 Å². The number of amides is 1. The smallest absolute Gasteiger partial charge is 0.271 e. The van der Waals surface area contributed by atoms with Gasteiger partial charge in [-0.15, -0.1) is 10.2 Å². The Bertz CT molecular complexity index is 691. The van der Waals surface area contributed by atoms with Gasteiger partial charge in [0.15, 0.2) is 4.34 Å². The molecule has 2 rings (SSSR count). The van der Waals surface area contributed by atoms with Gasteiger partial charge in [-0.1, -0.05) is 36.1 Å². The van der Waals surface area contributed by atoms with E-state index >= 15 is 0 Å². The molecule has 1 atom stereocenters. The van der Waals surface area contributed by atoms with Gasteiger partial charge in [0.25, 0.3) is 5.69 Å². The first-order valence-electron chi connectivity index (χ1n) is 6.30. The van der Waals surface area contributed by atoms with E-state index in [4.69, 9.17) is 5.73 Å². The molecule has 22 heavy (non-hydrogen) atoms. The molecule has 1 amide bonds. The third kappa shape index (κ3) is 4.15. The lowest BCUT2D eigenvalue weighted by molar-refractivity contribution is -0.384. The molecule has 0 spiro atoms. The highest BCUT2D eigenvalue weighted by molar-refractivity contribution is 8.02. The Balaban J connectivity index is 2.05. The number of hydrogen-bond donors (Lipinski definition) is 2. The molecule has 3 N–H and O–H groups in total. The number of aromatic nitrogens is 2. The van der Waals surface area contributed by atoms with Crippen LogP contribution in [0.2, 0.25) is 0 Å². The van der Waals surface area contributed by atoms with E-state index < -0.39 is 4.92 Å². The zero-order valence-corrected chi connectivity index (χ0v) is 13.2. The standard InChI is InChI=1S/C12H13N5O3S2/c1-2-9(21-12-16-15-11(13)22-12)10(18)14-7-4-3-5-8(6-7)17(19)20/h3-6,9H,2H2,1H3,(H2,13,15)(H,14,18)/t9-/m0/s1. The highest BCUT2D eigenvalue weighted by Gasteiger charge is 2.20. The summed E-state index contributed by atoms with van der Waals surface area (Å²) in [4.78, 5) is 22.5. The van der Waals surface area contributed by atoms with Gasteiger partial charge in [0.05, 0.1) is 10.2 Å². The van der Waals surface area contributed by atoms with E-state index in [1.165, 1.54) is 41.3 Å². The van der Waals surface area contributed by atoms with E-state index in [1.807, 2.05) is 6.92 Å². The quantitative estimate of drug-likeness (QED) is 0.470. The zero-order valence-electron chi connectivity index (χ0n) is 11.6. The maximum Gasteiger partial charge on any atom is 0.271 e. The fourth-order valence-electron chi connectivity index (χ4n) is 1.63. The molecule has 0 aliphatic carbocycles. The number of carbonyl (C=O) groups excluding carboxylic acids is 1.